The molecule has 0 spiro atoms. The highest BCUT2D eigenvalue weighted by atomic mass is 16.6. The maximum atomic E-state index is 11.5. The standard InChI is InChI=1S/C15H28N2O5/c1-15(2,3)22-14(21)17-11-7-8-12(18)16-10-6-4-5-9-13(19)20/h4-11H2,1-3H3,(H,16,18)(H,17,21)(H,19,20). The first-order valence-corrected chi connectivity index (χ1v) is 7.66. The minimum atomic E-state index is -0.790. The summed E-state index contributed by atoms with van der Waals surface area (Å²) in [5.41, 5.74) is -0.526. The predicted octanol–water partition coefficient (Wildman–Crippen LogP) is 2.05. The van der Waals surface area contributed by atoms with Gasteiger partial charge in [0, 0.05) is 25.9 Å². The molecule has 0 aromatic heterocycles. The number of rotatable bonds is 10. The molecule has 0 fully saturated rings. The summed E-state index contributed by atoms with van der Waals surface area (Å²) in [7, 11) is 0. The lowest BCUT2D eigenvalue weighted by Crippen LogP contribution is -2.33. The summed E-state index contributed by atoms with van der Waals surface area (Å²) in [5, 5.41) is 13.8. The molecule has 0 heterocycles. The van der Waals surface area contributed by atoms with Crippen LogP contribution in [0.2, 0.25) is 0 Å². The maximum Gasteiger partial charge on any atom is 0.407 e. The lowest BCUT2D eigenvalue weighted by molar-refractivity contribution is -0.137. The summed E-state index contributed by atoms with van der Waals surface area (Å²) in [4.78, 5) is 33.2. The molecule has 0 aromatic carbocycles. The van der Waals surface area contributed by atoms with Crippen LogP contribution in [0.15, 0.2) is 0 Å². The molecule has 0 atom stereocenters. The first kappa shape index (κ1) is 20.2. The highest BCUT2D eigenvalue weighted by Crippen LogP contribution is 2.06. The summed E-state index contributed by atoms with van der Waals surface area (Å²) in [6, 6.07) is 0. The fraction of sp³-hybridized carbons (Fsp3) is 0.800. The van der Waals surface area contributed by atoms with E-state index in [0.717, 1.165) is 12.8 Å². The summed E-state index contributed by atoms with van der Waals surface area (Å²) in [5.74, 6) is -0.856. The largest absolute Gasteiger partial charge is 0.481 e. The molecule has 3 N–H and O–H groups in total. The van der Waals surface area contributed by atoms with Gasteiger partial charge in [-0.3, -0.25) is 9.59 Å². The van der Waals surface area contributed by atoms with Crippen molar-refractivity contribution < 1.29 is 24.2 Å². The van der Waals surface area contributed by atoms with Crippen molar-refractivity contribution in [2.75, 3.05) is 13.1 Å². The van der Waals surface area contributed by atoms with E-state index in [1.54, 1.807) is 20.8 Å². The summed E-state index contributed by atoms with van der Waals surface area (Å²) in [6.45, 7) is 6.31. The van der Waals surface area contributed by atoms with Gasteiger partial charge in [0.05, 0.1) is 0 Å². The molecule has 0 rings (SSSR count). The summed E-state index contributed by atoms with van der Waals surface area (Å²) < 4.78 is 5.07. The van der Waals surface area contributed by atoms with Crippen LogP contribution in [0.1, 0.15) is 59.3 Å². The van der Waals surface area contributed by atoms with Crippen molar-refractivity contribution in [1.82, 2.24) is 10.6 Å². The number of alkyl carbamates (subject to hydrolysis) is 1. The van der Waals surface area contributed by atoms with Gasteiger partial charge < -0.3 is 20.5 Å². The molecule has 0 aliphatic carbocycles. The Morgan fingerprint density at radius 1 is 0.909 bits per heavy atom. The van der Waals surface area contributed by atoms with Crippen LogP contribution in [-0.2, 0) is 14.3 Å². The van der Waals surface area contributed by atoms with Crippen LogP contribution in [0.4, 0.5) is 4.79 Å². The Balaban J connectivity index is 3.47. The normalized spacial score (nSPS) is 10.9. The number of carbonyl (C=O) groups is 3. The Morgan fingerprint density at radius 2 is 1.55 bits per heavy atom. The van der Waals surface area contributed by atoms with Crippen LogP contribution in [-0.4, -0.2) is 41.8 Å². The molecular weight excluding hydrogens is 288 g/mol. The lowest BCUT2D eigenvalue weighted by atomic mass is 10.2. The van der Waals surface area contributed by atoms with E-state index in [0.29, 0.717) is 32.4 Å². The average Bonchev–Trinajstić information content (AvgIpc) is 2.36. The zero-order valence-corrected chi connectivity index (χ0v) is 13.7. The second kappa shape index (κ2) is 10.9. The Hall–Kier alpha value is -1.79. The third kappa shape index (κ3) is 14.6. The van der Waals surface area contributed by atoms with Crippen molar-refractivity contribution >= 4 is 18.0 Å². The number of carbonyl (C=O) groups excluding carboxylic acids is 2. The lowest BCUT2D eigenvalue weighted by Gasteiger charge is -2.19. The molecule has 128 valence electrons. The third-order valence-electron chi connectivity index (χ3n) is 2.64. The molecule has 0 unspecified atom stereocenters. The van der Waals surface area contributed by atoms with E-state index in [4.69, 9.17) is 9.84 Å². The van der Waals surface area contributed by atoms with Crippen molar-refractivity contribution in [2.45, 2.75) is 64.9 Å². The van der Waals surface area contributed by atoms with Gasteiger partial charge in [0.25, 0.3) is 0 Å². The number of hydrogen-bond donors (Lipinski definition) is 3. The monoisotopic (exact) mass is 316 g/mol. The molecule has 2 amide bonds. The first-order valence-electron chi connectivity index (χ1n) is 7.66. The second-order valence-corrected chi connectivity index (χ2v) is 6.09. The van der Waals surface area contributed by atoms with E-state index >= 15 is 0 Å². The molecule has 7 nitrogen and oxygen atoms in total. The van der Waals surface area contributed by atoms with Gasteiger partial charge >= 0.3 is 12.1 Å². The number of hydrogen-bond acceptors (Lipinski definition) is 4. The first-order chi connectivity index (χ1) is 10.2. The fourth-order valence-electron chi connectivity index (χ4n) is 1.65. The number of nitrogens with one attached hydrogen (secondary N) is 2. The Labute approximate surface area is 131 Å². The van der Waals surface area contributed by atoms with Gasteiger partial charge in [-0.05, 0) is 40.0 Å². The zero-order valence-electron chi connectivity index (χ0n) is 13.7. The number of carboxylic acids is 1. The second-order valence-electron chi connectivity index (χ2n) is 6.09. The van der Waals surface area contributed by atoms with Crippen LogP contribution in [0, 0.1) is 0 Å². The molecule has 7 heteroatoms. The Kier molecular flexibility index (Phi) is 9.98. The smallest absolute Gasteiger partial charge is 0.407 e. The number of ether oxygens (including phenoxy) is 1. The summed E-state index contributed by atoms with van der Waals surface area (Å²) in [6.07, 6.45) is 2.76. The number of unbranched alkanes of at least 4 members (excludes halogenated alkanes) is 2. The van der Waals surface area contributed by atoms with Gasteiger partial charge in [0.15, 0.2) is 0 Å². The molecule has 0 aromatic rings. The molecule has 0 radical (unpaired) electrons. The molecule has 0 saturated heterocycles. The van der Waals surface area contributed by atoms with Crippen molar-refractivity contribution in [3.8, 4) is 0 Å². The van der Waals surface area contributed by atoms with Crippen LogP contribution in [0.3, 0.4) is 0 Å². The topological polar surface area (TPSA) is 105 Å². The van der Waals surface area contributed by atoms with Gasteiger partial charge in [-0.15, -0.1) is 0 Å². The predicted molar refractivity (Wildman–Crippen MR) is 82.6 cm³/mol. The highest BCUT2D eigenvalue weighted by Gasteiger charge is 2.15. The SMILES string of the molecule is CC(C)(C)OC(=O)NCCCC(=O)NCCCCCC(=O)O. The highest BCUT2D eigenvalue weighted by molar-refractivity contribution is 5.75. The zero-order chi connectivity index (χ0) is 17.0. The van der Waals surface area contributed by atoms with E-state index in [1.807, 2.05) is 0 Å². The maximum absolute atomic E-state index is 11.5. The Morgan fingerprint density at radius 3 is 2.14 bits per heavy atom. The number of aliphatic carboxylic acids is 1. The molecule has 0 bridgehead atoms. The van der Waals surface area contributed by atoms with Crippen LogP contribution >= 0.6 is 0 Å². The number of carboxylic acid groups (broad SMARTS) is 1. The molecule has 0 aliphatic heterocycles. The van der Waals surface area contributed by atoms with Gasteiger partial charge in [-0.25, -0.2) is 4.79 Å². The van der Waals surface area contributed by atoms with Gasteiger partial charge in [-0.2, -0.15) is 0 Å². The third-order valence-corrected chi connectivity index (χ3v) is 2.64. The van der Waals surface area contributed by atoms with Gasteiger partial charge in [0.2, 0.25) is 5.91 Å². The van der Waals surface area contributed by atoms with Gasteiger partial charge in [0.1, 0.15) is 5.60 Å². The molecule has 0 aliphatic rings. The molecule has 22 heavy (non-hydrogen) atoms. The minimum Gasteiger partial charge on any atom is -0.481 e. The number of amides is 2. The fourth-order valence-corrected chi connectivity index (χ4v) is 1.65. The van der Waals surface area contributed by atoms with Crippen molar-refractivity contribution in [1.29, 1.82) is 0 Å². The van der Waals surface area contributed by atoms with E-state index < -0.39 is 17.7 Å². The van der Waals surface area contributed by atoms with Gasteiger partial charge in [-0.1, -0.05) is 6.42 Å². The van der Waals surface area contributed by atoms with E-state index in [9.17, 15) is 14.4 Å². The quantitative estimate of drug-likeness (QED) is 0.535. The molecular formula is C15H28N2O5. The van der Waals surface area contributed by atoms with E-state index in [-0.39, 0.29) is 12.3 Å². The average molecular weight is 316 g/mol. The van der Waals surface area contributed by atoms with Crippen LogP contribution < -0.4 is 10.6 Å². The van der Waals surface area contributed by atoms with Crippen LogP contribution in [0.5, 0.6) is 0 Å². The molecule has 0 saturated carbocycles. The van der Waals surface area contributed by atoms with Crippen LogP contribution in [0.25, 0.3) is 0 Å². The van der Waals surface area contributed by atoms with Crippen molar-refractivity contribution in [3.05, 3.63) is 0 Å². The Bertz CT molecular complexity index is 363. The van der Waals surface area contributed by atoms with E-state index in [1.165, 1.54) is 0 Å². The van der Waals surface area contributed by atoms with Crippen molar-refractivity contribution in [3.63, 3.8) is 0 Å². The minimum absolute atomic E-state index is 0.0655. The van der Waals surface area contributed by atoms with E-state index in [2.05, 4.69) is 10.6 Å². The summed E-state index contributed by atoms with van der Waals surface area (Å²) >= 11 is 0. The van der Waals surface area contributed by atoms with Crippen molar-refractivity contribution in [2.24, 2.45) is 0 Å².